The molecule has 0 atom stereocenters. The molecule has 10 rings (SSSR count). The van der Waals surface area contributed by atoms with E-state index in [0.717, 1.165) is 11.3 Å². The van der Waals surface area contributed by atoms with Crippen molar-refractivity contribution in [3.8, 4) is 78.0 Å². The second-order valence-electron chi connectivity index (χ2n) is 14.3. The van der Waals surface area contributed by atoms with Crippen LogP contribution in [0.3, 0.4) is 0 Å². The number of pyridine rings is 1. The second-order valence-corrected chi connectivity index (χ2v) is 14.3. The zero-order valence-corrected chi connectivity index (χ0v) is 30.8. The molecule has 0 spiro atoms. The maximum Gasteiger partial charge on any atom is 0.0701 e. The van der Waals surface area contributed by atoms with Crippen LogP contribution in [0.25, 0.3) is 99.6 Å². The van der Waals surface area contributed by atoms with Gasteiger partial charge in [0.25, 0.3) is 0 Å². The molecule has 0 amide bonds. The Hall–Kier alpha value is -7.35. The number of rotatable bonds is 7. The molecule has 1 aromatic heterocycles. The molecule has 0 saturated carbocycles. The number of benzene rings is 9. The molecular formula is C55H37N. The topological polar surface area (TPSA) is 12.9 Å². The first-order valence-corrected chi connectivity index (χ1v) is 19.2. The first-order chi connectivity index (χ1) is 27.8. The number of aromatic nitrogens is 1. The molecule has 0 aliphatic carbocycles. The van der Waals surface area contributed by atoms with Crippen LogP contribution in [-0.2, 0) is 0 Å². The van der Waals surface area contributed by atoms with Crippen LogP contribution in [0.15, 0.2) is 225 Å². The van der Waals surface area contributed by atoms with E-state index >= 15 is 0 Å². The van der Waals surface area contributed by atoms with Gasteiger partial charge >= 0.3 is 0 Å². The standard InChI is InChI=1S/C55H37N/c1-4-14-38(15-5-1)41-23-27-44(28-24-41)55-50-21-11-10-20-49(50)54(43-29-25-42(26-30-43)53-22-12-13-33-56-53)51-32-31-45(37-52(51)55)48-35-46(39-16-6-2-7-17-39)34-47(36-48)40-18-8-3-9-19-40/h1-37H. The van der Waals surface area contributed by atoms with Gasteiger partial charge in [0.1, 0.15) is 0 Å². The van der Waals surface area contributed by atoms with Crippen molar-refractivity contribution in [1.82, 2.24) is 4.98 Å². The highest BCUT2D eigenvalue weighted by molar-refractivity contribution is 6.22. The Balaban J connectivity index is 1.22. The normalized spacial score (nSPS) is 11.2. The Labute approximate surface area is 327 Å². The lowest BCUT2D eigenvalue weighted by molar-refractivity contribution is 1.33. The number of fused-ring (bicyclic) bond motifs is 2. The summed E-state index contributed by atoms with van der Waals surface area (Å²) in [5.41, 5.74) is 16.5. The van der Waals surface area contributed by atoms with Gasteiger partial charge in [0.15, 0.2) is 0 Å². The summed E-state index contributed by atoms with van der Waals surface area (Å²) in [6.45, 7) is 0. The van der Waals surface area contributed by atoms with Crippen LogP contribution in [0.2, 0.25) is 0 Å². The zero-order valence-electron chi connectivity index (χ0n) is 30.8. The third-order valence-electron chi connectivity index (χ3n) is 10.9. The molecule has 0 bridgehead atoms. The first-order valence-electron chi connectivity index (χ1n) is 19.2. The van der Waals surface area contributed by atoms with Crippen LogP contribution in [0, 0.1) is 0 Å². The molecule has 0 radical (unpaired) electrons. The van der Waals surface area contributed by atoms with Crippen molar-refractivity contribution >= 4 is 21.5 Å². The summed E-state index contributed by atoms with van der Waals surface area (Å²) < 4.78 is 0. The summed E-state index contributed by atoms with van der Waals surface area (Å²) >= 11 is 0. The molecule has 9 aromatic carbocycles. The second kappa shape index (κ2) is 14.5. The van der Waals surface area contributed by atoms with Gasteiger partial charge in [-0.1, -0.05) is 182 Å². The van der Waals surface area contributed by atoms with Gasteiger partial charge in [0.2, 0.25) is 0 Å². The molecule has 0 N–H and O–H groups in total. The molecule has 0 unspecified atom stereocenters. The van der Waals surface area contributed by atoms with E-state index in [1.807, 2.05) is 18.3 Å². The van der Waals surface area contributed by atoms with Crippen LogP contribution >= 0.6 is 0 Å². The number of hydrogen-bond donors (Lipinski definition) is 0. The molecule has 10 aromatic rings. The Morgan fingerprint density at radius 3 is 1.11 bits per heavy atom. The average Bonchev–Trinajstić information content (AvgIpc) is 3.29. The maximum absolute atomic E-state index is 4.61. The van der Waals surface area contributed by atoms with E-state index in [-0.39, 0.29) is 0 Å². The minimum atomic E-state index is 0.973. The van der Waals surface area contributed by atoms with Gasteiger partial charge in [-0.2, -0.15) is 0 Å². The highest BCUT2D eigenvalue weighted by Gasteiger charge is 2.18. The molecule has 0 aliphatic heterocycles. The SMILES string of the molecule is c1ccc(-c2ccc(-c3c4ccccc4c(-c4ccc(-c5ccccn5)cc4)c4ccc(-c5cc(-c6ccccc6)cc(-c6ccccc6)c5)cc34)cc2)cc1. The summed E-state index contributed by atoms with van der Waals surface area (Å²) in [5.74, 6) is 0. The molecule has 1 heteroatoms. The molecule has 1 heterocycles. The van der Waals surface area contributed by atoms with Crippen LogP contribution in [-0.4, -0.2) is 4.98 Å². The van der Waals surface area contributed by atoms with Gasteiger partial charge in [-0.05, 0) is 125 Å². The lowest BCUT2D eigenvalue weighted by atomic mass is 9.84. The molecule has 0 saturated heterocycles. The van der Waals surface area contributed by atoms with Crippen molar-refractivity contribution in [2.24, 2.45) is 0 Å². The monoisotopic (exact) mass is 711 g/mol. The molecule has 1 nitrogen and oxygen atoms in total. The highest BCUT2D eigenvalue weighted by Crippen LogP contribution is 2.46. The van der Waals surface area contributed by atoms with E-state index in [0.29, 0.717) is 0 Å². The molecule has 56 heavy (non-hydrogen) atoms. The minimum Gasteiger partial charge on any atom is -0.256 e. The molecule has 0 aliphatic rings. The average molecular weight is 712 g/mol. The summed E-state index contributed by atoms with van der Waals surface area (Å²) in [5, 5.41) is 4.92. The summed E-state index contributed by atoms with van der Waals surface area (Å²) in [7, 11) is 0. The van der Waals surface area contributed by atoms with Gasteiger partial charge in [0.05, 0.1) is 5.69 Å². The van der Waals surface area contributed by atoms with Crippen molar-refractivity contribution in [3.05, 3.63) is 225 Å². The predicted octanol–water partition coefficient (Wildman–Crippen LogP) is 15.1. The van der Waals surface area contributed by atoms with Crippen molar-refractivity contribution in [2.45, 2.75) is 0 Å². The smallest absolute Gasteiger partial charge is 0.0701 e. The van der Waals surface area contributed by atoms with Gasteiger partial charge < -0.3 is 0 Å². The highest BCUT2D eigenvalue weighted by atomic mass is 14.7. The lowest BCUT2D eigenvalue weighted by Crippen LogP contribution is -1.93. The Morgan fingerprint density at radius 2 is 0.589 bits per heavy atom. The van der Waals surface area contributed by atoms with Crippen LogP contribution in [0.4, 0.5) is 0 Å². The fourth-order valence-corrected chi connectivity index (χ4v) is 8.17. The predicted molar refractivity (Wildman–Crippen MR) is 237 cm³/mol. The van der Waals surface area contributed by atoms with Crippen LogP contribution in [0.5, 0.6) is 0 Å². The Kier molecular flexibility index (Phi) is 8.59. The van der Waals surface area contributed by atoms with E-state index < -0.39 is 0 Å². The van der Waals surface area contributed by atoms with Gasteiger partial charge in [-0.3, -0.25) is 4.98 Å². The summed E-state index contributed by atoms with van der Waals surface area (Å²) in [4.78, 5) is 4.61. The molecular weight excluding hydrogens is 675 g/mol. The quantitative estimate of drug-likeness (QED) is 0.150. The fraction of sp³-hybridized carbons (Fsp3) is 0. The summed E-state index contributed by atoms with van der Waals surface area (Å²) in [6, 6.07) is 79.1. The van der Waals surface area contributed by atoms with Crippen molar-refractivity contribution in [1.29, 1.82) is 0 Å². The Bertz CT molecular complexity index is 2890. The van der Waals surface area contributed by atoms with E-state index in [2.05, 4.69) is 211 Å². The van der Waals surface area contributed by atoms with E-state index in [1.165, 1.54) is 88.3 Å². The van der Waals surface area contributed by atoms with E-state index in [4.69, 9.17) is 0 Å². The molecule has 0 fully saturated rings. The van der Waals surface area contributed by atoms with Gasteiger partial charge in [-0.25, -0.2) is 0 Å². The maximum atomic E-state index is 4.61. The van der Waals surface area contributed by atoms with Gasteiger partial charge in [0, 0.05) is 11.8 Å². The fourth-order valence-electron chi connectivity index (χ4n) is 8.17. The third kappa shape index (κ3) is 6.26. The van der Waals surface area contributed by atoms with E-state index in [9.17, 15) is 0 Å². The number of hydrogen-bond acceptors (Lipinski definition) is 1. The summed E-state index contributed by atoms with van der Waals surface area (Å²) in [6.07, 6.45) is 1.85. The van der Waals surface area contributed by atoms with Crippen LogP contribution in [0.1, 0.15) is 0 Å². The van der Waals surface area contributed by atoms with Crippen molar-refractivity contribution in [2.75, 3.05) is 0 Å². The minimum absolute atomic E-state index is 0.973. The first kappa shape index (κ1) is 33.2. The largest absolute Gasteiger partial charge is 0.256 e. The zero-order chi connectivity index (χ0) is 37.3. The third-order valence-corrected chi connectivity index (χ3v) is 10.9. The lowest BCUT2D eigenvalue weighted by Gasteiger charge is -2.19. The van der Waals surface area contributed by atoms with Crippen molar-refractivity contribution in [3.63, 3.8) is 0 Å². The Morgan fingerprint density at radius 1 is 0.214 bits per heavy atom. The van der Waals surface area contributed by atoms with Crippen molar-refractivity contribution < 1.29 is 0 Å². The molecule has 262 valence electrons. The number of nitrogens with zero attached hydrogens (tertiary/aromatic N) is 1. The van der Waals surface area contributed by atoms with E-state index in [1.54, 1.807) is 0 Å². The van der Waals surface area contributed by atoms with Crippen LogP contribution < -0.4 is 0 Å². The van der Waals surface area contributed by atoms with Gasteiger partial charge in [-0.15, -0.1) is 0 Å².